The van der Waals surface area contributed by atoms with Crippen LogP contribution in [0.3, 0.4) is 0 Å². The lowest BCUT2D eigenvalue weighted by atomic mass is 10.1. The lowest BCUT2D eigenvalue weighted by Gasteiger charge is -2.04. The zero-order valence-corrected chi connectivity index (χ0v) is 8.73. The normalized spacial score (nSPS) is 10.5. The van der Waals surface area contributed by atoms with Crippen LogP contribution in [0, 0.1) is 13.8 Å². The molecule has 0 aromatic heterocycles. The average molecular weight is 206 g/mol. The molecule has 1 aromatic carbocycles. The molecule has 0 radical (unpaired) electrons. The Morgan fingerprint density at radius 3 is 2.53 bits per heavy atom. The van der Waals surface area contributed by atoms with Crippen molar-refractivity contribution in [2.45, 2.75) is 13.8 Å². The first-order valence-corrected chi connectivity index (χ1v) is 4.43. The first kappa shape index (κ1) is 11.0. The number of aromatic hydroxyl groups is 1. The fourth-order valence-corrected chi connectivity index (χ4v) is 1.28. The molecule has 15 heavy (non-hydrogen) atoms. The van der Waals surface area contributed by atoms with Crippen LogP contribution in [0.25, 0.3) is 0 Å². The van der Waals surface area contributed by atoms with Crippen molar-refractivity contribution in [2.75, 3.05) is 0 Å². The molecule has 80 valence electrons. The number of nitrogens with zero attached hydrogens (tertiary/aromatic N) is 2. The summed E-state index contributed by atoms with van der Waals surface area (Å²) in [6, 6.07) is 3.60. The summed E-state index contributed by atoms with van der Waals surface area (Å²) in [7, 11) is 0. The molecule has 0 bridgehead atoms. The molecule has 0 saturated heterocycles. The fraction of sp³-hybridized carbons (Fsp3) is 0.200. The number of benzene rings is 1. The minimum Gasteiger partial charge on any atom is -0.507 e. The summed E-state index contributed by atoms with van der Waals surface area (Å²) in [4.78, 5) is 0. The molecule has 0 aliphatic heterocycles. The van der Waals surface area contributed by atoms with Gasteiger partial charge in [-0.1, -0.05) is 6.07 Å². The second-order valence-corrected chi connectivity index (χ2v) is 3.28. The van der Waals surface area contributed by atoms with E-state index in [9.17, 15) is 5.11 Å². The van der Waals surface area contributed by atoms with Crippen molar-refractivity contribution < 1.29 is 5.11 Å². The molecule has 0 heterocycles. The van der Waals surface area contributed by atoms with E-state index in [-0.39, 0.29) is 11.7 Å². The maximum absolute atomic E-state index is 9.64. The van der Waals surface area contributed by atoms with Gasteiger partial charge in [-0.25, -0.2) is 0 Å². The quantitative estimate of drug-likeness (QED) is 0.376. The highest BCUT2D eigenvalue weighted by molar-refractivity contribution is 5.86. The third-order valence-corrected chi connectivity index (χ3v) is 1.87. The topological polar surface area (TPSA) is 97.0 Å². The molecule has 0 amide bonds. The number of hydrogen-bond acceptors (Lipinski definition) is 3. The molecule has 5 heteroatoms. The Morgan fingerprint density at radius 2 is 2.00 bits per heavy atom. The summed E-state index contributed by atoms with van der Waals surface area (Å²) in [5.74, 6) is 0.0533. The Bertz CT molecular complexity index is 396. The molecule has 0 unspecified atom stereocenters. The molecule has 0 atom stereocenters. The monoisotopic (exact) mass is 206 g/mol. The standard InChI is InChI=1S/C10H14N4O/c1-6-3-7(2)8(9(15)4-6)5-13-14-10(11)12/h3-5,15H,1-2H3,(H4,11,12,14). The van der Waals surface area contributed by atoms with Crippen LogP contribution >= 0.6 is 0 Å². The average Bonchev–Trinajstić information content (AvgIpc) is 2.08. The van der Waals surface area contributed by atoms with Crippen LogP contribution in [0.15, 0.2) is 22.3 Å². The Balaban J connectivity index is 3.05. The molecular weight excluding hydrogens is 192 g/mol. The van der Waals surface area contributed by atoms with Crippen LogP contribution in [-0.4, -0.2) is 17.3 Å². The number of rotatable bonds is 2. The largest absolute Gasteiger partial charge is 0.507 e. The number of guanidine groups is 1. The van der Waals surface area contributed by atoms with Gasteiger partial charge in [-0.05, 0) is 31.0 Å². The van der Waals surface area contributed by atoms with Crippen LogP contribution in [0.5, 0.6) is 5.75 Å². The summed E-state index contributed by atoms with van der Waals surface area (Å²) >= 11 is 0. The Morgan fingerprint density at radius 1 is 1.33 bits per heavy atom. The highest BCUT2D eigenvalue weighted by Gasteiger charge is 2.02. The number of nitrogens with two attached hydrogens (primary N) is 2. The van der Waals surface area contributed by atoms with Gasteiger partial charge in [0.25, 0.3) is 0 Å². The molecule has 5 nitrogen and oxygen atoms in total. The van der Waals surface area contributed by atoms with Crippen molar-refractivity contribution in [2.24, 2.45) is 21.7 Å². The highest BCUT2D eigenvalue weighted by Crippen LogP contribution is 2.20. The van der Waals surface area contributed by atoms with Crippen LogP contribution < -0.4 is 11.5 Å². The number of hydrogen-bond donors (Lipinski definition) is 3. The summed E-state index contributed by atoms with van der Waals surface area (Å²) < 4.78 is 0. The minimum atomic E-state index is -0.115. The molecule has 0 fully saturated rings. The van der Waals surface area contributed by atoms with Gasteiger partial charge in [0.15, 0.2) is 0 Å². The molecule has 0 spiro atoms. The van der Waals surface area contributed by atoms with Gasteiger partial charge < -0.3 is 16.6 Å². The fourth-order valence-electron chi connectivity index (χ4n) is 1.28. The van der Waals surface area contributed by atoms with Crippen molar-refractivity contribution in [1.82, 2.24) is 0 Å². The predicted molar refractivity (Wildman–Crippen MR) is 61.0 cm³/mol. The maximum atomic E-state index is 9.64. The van der Waals surface area contributed by atoms with Gasteiger partial charge in [0, 0.05) is 5.56 Å². The number of phenolic OH excluding ortho intramolecular Hbond substituents is 1. The van der Waals surface area contributed by atoms with E-state index < -0.39 is 0 Å². The zero-order chi connectivity index (χ0) is 11.4. The summed E-state index contributed by atoms with van der Waals surface area (Å²) in [6.07, 6.45) is 1.42. The van der Waals surface area contributed by atoms with E-state index in [1.807, 2.05) is 19.9 Å². The lowest BCUT2D eigenvalue weighted by Crippen LogP contribution is -2.21. The van der Waals surface area contributed by atoms with Crippen molar-refractivity contribution >= 4 is 12.2 Å². The molecule has 1 aromatic rings. The third kappa shape index (κ3) is 2.98. The van der Waals surface area contributed by atoms with Crippen LogP contribution in [0.1, 0.15) is 16.7 Å². The van der Waals surface area contributed by atoms with E-state index in [0.717, 1.165) is 11.1 Å². The molecule has 1 rings (SSSR count). The van der Waals surface area contributed by atoms with Gasteiger partial charge in [-0.3, -0.25) is 0 Å². The maximum Gasteiger partial charge on any atom is 0.211 e. The lowest BCUT2D eigenvalue weighted by molar-refractivity contribution is 0.473. The highest BCUT2D eigenvalue weighted by atomic mass is 16.3. The molecule has 0 saturated carbocycles. The minimum absolute atomic E-state index is 0.115. The van der Waals surface area contributed by atoms with E-state index in [0.29, 0.717) is 5.56 Å². The number of phenols is 1. The molecule has 0 aliphatic rings. The van der Waals surface area contributed by atoms with Crippen molar-refractivity contribution in [1.29, 1.82) is 0 Å². The SMILES string of the molecule is Cc1cc(C)c(C=NN=C(N)N)c(O)c1. The van der Waals surface area contributed by atoms with Gasteiger partial charge in [-0.15, -0.1) is 5.10 Å². The van der Waals surface area contributed by atoms with Crippen molar-refractivity contribution in [3.8, 4) is 5.75 Å². The van der Waals surface area contributed by atoms with E-state index in [2.05, 4.69) is 10.2 Å². The summed E-state index contributed by atoms with van der Waals surface area (Å²) in [6.45, 7) is 3.78. The first-order chi connectivity index (χ1) is 7.00. The van der Waals surface area contributed by atoms with Crippen LogP contribution in [0.2, 0.25) is 0 Å². The Kier molecular flexibility index (Phi) is 3.28. The second-order valence-electron chi connectivity index (χ2n) is 3.28. The Hall–Kier alpha value is -2.04. The van der Waals surface area contributed by atoms with Crippen molar-refractivity contribution in [3.63, 3.8) is 0 Å². The van der Waals surface area contributed by atoms with Gasteiger partial charge in [0.2, 0.25) is 5.96 Å². The Labute approximate surface area is 88.1 Å². The van der Waals surface area contributed by atoms with Crippen molar-refractivity contribution in [3.05, 3.63) is 28.8 Å². The van der Waals surface area contributed by atoms with Gasteiger partial charge >= 0.3 is 0 Å². The smallest absolute Gasteiger partial charge is 0.211 e. The number of aryl methyl sites for hydroxylation is 2. The summed E-state index contributed by atoms with van der Waals surface area (Å²) in [5.41, 5.74) is 12.7. The summed E-state index contributed by atoms with van der Waals surface area (Å²) in [5, 5.41) is 16.7. The predicted octanol–water partition coefficient (Wildman–Crippen LogP) is 0.616. The molecule has 5 N–H and O–H groups in total. The molecule has 0 aliphatic carbocycles. The first-order valence-electron chi connectivity index (χ1n) is 4.43. The van der Waals surface area contributed by atoms with Crippen LogP contribution in [0.4, 0.5) is 0 Å². The van der Waals surface area contributed by atoms with E-state index >= 15 is 0 Å². The van der Waals surface area contributed by atoms with E-state index in [4.69, 9.17) is 11.5 Å². The van der Waals surface area contributed by atoms with Gasteiger partial charge in [-0.2, -0.15) is 5.10 Å². The van der Waals surface area contributed by atoms with Crippen LogP contribution in [-0.2, 0) is 0 Å². The van der Waals surface area contributed by atoms with Gasteiger partial charge in [0.05, 0.1) is 6.21 Å². The van der Waals surface area contributed by atoms with E-state index in [1.165, 1.54) is 6.21 Å². The third-order valence-electron chi connectivity index (χ3n) is 1.87. The molecular formula is C10H14N4O. The van der Waals surface area contributed by atoms with E-state index in [1.54, 1.807) is 6.07 Å². The second kappa shape index (κ2) is 4.45. The zero-order valence-electron chi connectivity index (χ0n) is 8.73. The van der Waals surface area contributed by atoms with Gasteiger partial charge in [0.1, 0.15) is 5.75 Å².